The van der Waals surface area contributed by atoms with Crippen molar-refractivity contribution in [2.45, 2.75) is 19.9 Å². The molecule has 3 heterocycles. The van der Waals surface area contributed by atoms with Gasteiger partial charge in [0.05, 0.1) is 23.8 Å². The van der Waals surface area contributed by atoms with E-state index >= 15 is 0 Å². The first-order valence-corrected chi connectivity index (χ1v) is 6.82. The van der Waals surface area contributed by atoms with Gasteiger partial charge in [0.1, 0.15) is 5.82 Å². The lowest BCUT2D eigenvalue weighted by Gasteiger charge is -2.08. The van der Waals surface area contributed by atoms with Crippen molar-refractivity contribution in [3.05, 3.63) is 30.2 Å². The molecule has 8 heteroatoms. The van der Waals surface area contributed by atoms with Gasteiger partial charge in [0.25, 0.3) is 0 Å². The Balaban J connectivity index is 1.83. The molecule has 0 saturated carbocycles. The van der Waals surface area contributed by atoms with E-state index in [9.17, 15) is 0 Å². The average Bonchev–Trinajstić information content (AvgIpc) is 3.00. The number of nitrogens with one attached hydrogen (secondary N) is 3. The summed E-state index contributed by atoms with van der Waals surface area (Å²) < 4.78 is 0. The molecule has 0 spiro atoms. The third-order valence-electron chi connectivity index (χ3n) is 2.91. The van der Waals surface area contributed by atoms with Crippen LogP contribution in [0.15, 0.2) is 24.5 Å². The van der Waals surface area contributed by atoms with Gasteiger partial charge in [-0.3, -0.25) is 5.10 Å². The highest BCUT2D eigenvalue weighted by Crippen LogP contribution is 2.20. The van der Waals surface area contributed by atoms with Gasteiger partial charge in [-0.15, -0.1) is 0 Å². The second-order valence-electron chi connectivity index (χ2n) is 4.52. The fraction of sp³-hybridized carbons (Fsp3) is 0.308. The summed E-state index contributed by atoms with van der Waals surface area (Å²) in [6, 6.07) is 3.76. The van der Waals surface area contributed by atoms with Gasteiger partial charge in [-0.1, -0.05) is 6.92 Å². The molecule has 0 aromatic carbocycles. The minimum atomic E-state index is 0.540. The third kappa shape index (κ3) is 3.04. The molecular formula is C13H16N8. The molecule has 0 saturated heterocycles. The molecular weight excluding hydrogens is 268 g/mol. The Labute approximate surface area is 121 Å². The number of hydrogen-bond donors (Lipinski definition) is 3. The number of anilines is 2. The van der Waals surface area contributed by atoms with Crippen LogP contribution < -0.4 is 10.6 Å². The molecule has 0 aliphatic heterocycles. The number of H-pyrrole nitrogens is 1. The fourth-order valence-corrected chi connectivity index (χ4v) is 1.89. The number of aromatic nitrogens is 6. The lowest BCUT2D eigenvalue weighted by molar-refractivity contribution is 0.918. The van der Waals surface area contributed by atoms with Crippen LogP contribution in [0.5, 0.6) is 0 Å². The topological polar surface area (TPSA) is 104 Å². The van der Waals surface area contributed by atoms with Crippen molar-refractivity contribution in [2.75, 3.05) is 17.2 Å². The van der Waals surface area contributed by atoms with E-state index in [-0.39, 0.29) is 0 Å². The van der Waals surface area contributed by atoms with E-state index < -0.39 is 0 Å². The number of hydrogen-bond acceptors (Lipinski definition) is 7. The lowest BCUT2D eigenvalue weighted by Crippen LogP contribution is -2.09. The first-order chi connectivity index (χ1) is 10.4. The van der Waals surface area contributed by atoms with Gasteiger partial charge in [0, 0.05) is 12.7 Å². The van der Waals surface area contributed by atoms with Crippen molar-refractivity contribution in [1.29, 1.82) is 0 Å². The zero-order valence-corrected chi connectivity index (χ0v) is 11.7. The Kier molecular flexibility index (Phi) is 3.85. The van der Waals surface area contributed by atoms with Crippen molar-refractivity contribution in [3.63, 3.8) is 0 Å². The van der Waals surface area contributed by atoms with Gasteiger partial charge in [0.15, 0.2) is 5.65 Å². The molecule has 21 heavy (non-hydrogen) atoms. The number of nitrogens with zero attached hydrogens (tertiary/aromatic N) is 5. The van der Waals surface area contributed by atoms with Crippen molar-refractivity contribution < 1.29 is 0 Å². The molecule has 0 fully saturated rings. The molecule has 0 aliphatic rings. The Bertz CT molecular complexity index is 709. The van der Waals surface area contributed by atoms with Crippen LogP contribution in [0.3, 0.4) is 0 Å². The summed E-state index contributed by atoms with van der Waals surface area (Å²) in [5.74, 6) is 1.30. The molecule has 3 aromatic rings. The van der Waals surface area contributed by atoms with Gasteiger partial charge in [-0.2, -0.15) is 25.3 Å². The minimum absolute atomic E-state index is 0.540. The van der Waals surface area contributed by atoms with E-state index in [4.69, 9.17) is 0 Å². The zero-order chi connectivity index (χ0) is 14.5. The summed E-state index contributed by atoms with van der Waals surface area (Å²) in [6.07, 6.45) is 4.36. The molecule has 0 aliphatic carbocycles. The molecule has 0 radical (unpaired) electrons. The highest BCUT2D eigenvalue weighted by atomic mass is 15.2. The van der Waals surface area contributed by atoms with Crippen LogP contribution in [-0.4, -0.2) is 36.9 Å². The molecule has 3 aromatic heterocycles. The third-order valence-corrected chi connectivity index (χ3v) is 2.91. The first kappa shape index (κ1) is 13.2. The predicted molar refractivity (Wildman–Crippen MR) is 79.8 cm³/mol. The molecule has 8 nitrogen and oxygen atoms in total. The maximum absolute atomic E-state index is 4.48. The summed E-state index contributed by atoms with van der Waals surface area (Å²) in [6.45, 7) is 3.45. The Hall–Kier alpha value is -2.77. The van der Waals surface area contributed by atoms with Gasteiger partial charge >= 0.3 is 0 Å². The summed E-state index contributed by atoms with van der Waals surface area (Å²) in [7, 11) is 0. The van der Waals surface area contributed by atoms with Gasteiger partial charge in [-0.05, 0) is 18.6 Å². The van der Waals surface area contributed by atoms with Gasteiger partial charge in [0.2, 0.25) is 5.95 Å². The molecule has 0 bridgehead atoms. The number of aromatic amines is 1. The fourth-order valence-electron chi connectivity index (χ4n) is 1.89. The Morgan fingerprint density at radius 2 is 2.19 bits per heavy atom. The molecule has 3 rings (SSSR count). The highest BCUT2D eigenvalue weighted by Gasteiger charge is 2.09. The van der Waals surface area contributed by atoms with E-state index in [1.165, 1.54) is 0 Å². The zero-order valence-electron chi connectivity index (χ0n) is 11.7. The molecule has 0 amide bonds. The van der Waals surface area contributed by atoms with E-state index in [2.05, 4.69) is 47.9 Å². The van der Waals surface area contributed by atoms with E-state index in [1.807, 2.05) is 12.1 Å². The molecule has 108 valence electrons. The van der Waals surface area contributed by atoms with E-state index in [1.54, 1.807) is 12.4 Å². The maximum atomic E-state index is 4.48. The van der Waals surface area contributed by atoms with Crippen LogP contribution in [0, 0.1) is 0 Å². The Morgan fingerprint density at radius 1 is 1.24 bits per heavy atom. The second kappa shape index (κ2) is 6.12. The largest absolute Gasteiger partial charge is 0.364 e. The number of rotatable bonds is 6. The van der Waals surface area contributed by atoms with Crippen molar-refractivity contribution in [1.82, 2.24) is 30.4 Å². The van der Waals surface area contributed by atoms with Gasteiger partial charge in [-0.25, -0.2) is 0 Å². The van der Waals surface area contributed by atoms with Crippen molar-refractivity contribution >= 4 is 22.8 Å². The van der Waals surface area contributed by atoms with Crippen LogP contribution in [0.4, 0.5) is 11.8 Å². The standard InChI is InChI=1S/C13H16N8/c1-2-5-14-13-18-11(10-8-17-21-12(10)19-13)15-7-9-4-3-6-16-20-9/h3-4,6,8H,2,5,7H2,1H3,(H3,14,15,17,18,19,21). The first-order valence-electron chi connectivity index (χ1n) is 6.82. The quantitative estimate of drug-likeness (QED) is 0.631. The van der Waals surface area contributed by atoms with Crippen LogP contribution in [0.25, 0.3) is 11.0 Å². The van der Waals surface area contributed by atoms with Gasteiger partial charge < -0.3 is 10.6 Å². The maximum Gasteiger partial charge on any atom is 0.226 e. The second-order valence-corrected chi connectivity index (χ2v) is 4.52. The Morgan fingerprint density at radius 3 is 3.00 bits per heavy atom. The molecule has 3 N–H and O–H groups in total. The highest BCUT2D eigenvalue weighted by molar-refractivity contribution is 5.86. The summed E-state index contributed by atoms with van der Waals surface area (Å²) >= 11 is 0. The molecule has 0 unspecified atom stereocenters. The minimum Gasteiger partial charge on any atom is -0.364 e. The van der Waals surface area contributed by atoms with Crippen molar-refractivity contribution in [2.24, 2.45) is 0 Å². The summed E-state index contributed by atoms with van der Waals surface area (Å²) in [4.78, 5) is 8.86. The van der Waals surface area contributed by atoms with Crippen LogP contribution in [-0.2, 0) is 6.54 Å². The normalized spacial score (nSPS) is 10.7. The smallest absolute Gasteiger partial charge is 0.226 e. The van der Waals surface area contributed by atoms with Crippen LogP contribution in [0.2, 0.25) is 0 Å². The summed E-state index contributed by atoms with van der Waals surface area (Å²) in [5.41, 5.74) is 1.54. The monoisotopic (exact) mass is 284 g/mol. The predicted octanol–water partition coefficient (Wildman–Crippen LogP) is 1.58. The van der Waals surface area contributed by atoms with E-state index in [0.29, 0.717) is 18.1 Å². The number of fused-ring (bicyclic) bond motifs is 1. The van der Waals surface area contributed by atoms with Crippen LogP contribution >= 0.6 is 0 Å². The lowest BCUT2D eigenvalue weighted by atomic mass is 10.3. The molecule has 0 atom stereocenters. The van der Waals surface area contributed by atoms with E-state index in [0.717, 1.165) is 29.9 Å². The SMILES string of the molecule is CCCNc1nc(NCc2cccnn2)c2cn[nH]c2n1. The van der Waals surface area contributed by atoms with Crippen molar-refractivity contribution in [3.8, 4) is 0 Å². The van der Waals surface area contributed by atoms with Crippen LogP contribution in [0.1, 0.15) is 19.0 Å². The average molecular weight is 284 g/mol. The summed E-state index contributed by atoms with van der Waals surface area (Å²) in [5, 5.41) is 22.1.